The summed E-state index contributed by atoms with van der Waals surface area (Å²) < 4.78 is 36.5. The molecule has 0 saturated heterocycles. The van der Waals surface area contributed by atoms with Gasteiger partial charge in [-0.25, -0.2) is 22.9 Å². The Bertz CT molecular complexity index is 1250. The first kappa shape index (κ1) is 30.5. The van der Waals surface area contributed by atoms with Crippen LogP contribution in [-0.2, 0) is 14.4 Å². The summed E-state index contributed by atoms with van der Waals surface area (Å²) in [6.45, 7) is 14.6. The lowest BCUT2D eigenvalue weighted by Crippen LogP contribution is -2.51. The fourth-order valence-electron chi connectivity index (χ4n) is 4.25. The number of sulfonamides is 1. The van der Waals surface area contributed by atoms with Crippen LogP contribution in [-0.4, -0.2) is 51.1 Å². The van der Waals surface area contributed by atoms with Crippen LogP contribution in [0.1, 0.15) is 71.2 Å². The van der Waals surface area contributed by atoms with E-state index in [1.807, 2.05) is 13.8 Å². The molecule has 1 aliphatic carbocycles. The lowest BCUT2D eigenvalue weighted by atomic mass is 9.86. The third-order valence-corrected chi connectivity index (χ3v) is 14.9. The Morgan fingerprint density at radius 1 is 1.18 bits per heavy atom. The monoisotopic (exact) mass is 582 g/mol. The lowest BCUT2D eigenvalue weighted by Gasteiger charge is -2.39. The van der Waals surface area contributed by atoms with Crippen molar-refractivity contribution in [2.45, 2.75) is 101 Å². The number of rotatable bonds is 9. The summed E-state index contributed by atoms with van der Waals surface area (Å²) in [6.07, 6.45) is 3.89. The number of thiazole rings is 1. The summed E-state index contributed by atoms with van der Waals surface area (Å²) in [6, 6.07) is 4.88. The number of nitrogens with one attached hydrogen (secondary N) is 2. The number of nitrogens with zero attached hydrogens (tertiary/aromatic N) is 1. The minimum absolute atomic E-state index is 0.0128. The number of benzene rings is 1. The smallest absolute Gasteiger partial charge is 0.404 e. The van der Waals surface area contributed by atoms with Crippen molar-refractivity contribution in [2.24, 2.45) is 0 Å². The Labute approximate surface area is 231 Å². The number of carbonyl (C=O) groups is 1. The number of hydrogen-bond donors (Lipinski definition) is 4. The summed E-state index contributed by atoms with van der Waals surface area (Å²) in [5.74, 6) is 0.221. The van der Waals surface area contributed by atoms with E-state index in [-0.39, 0.29) is 28.5 Å². The first-order chi connectivity index (χ1) is 17.4. The molecule has 1 heterocycles. The van der Waals surface area contributed by atoms with Crippen LogP contribution in [0.3, 0.4) is 0 Å². The predicted octanol–water partition coefficient (Wildman–Crippen LogP) is 5.76. The van der Waals surface area contributed by atoms with Gasteiger partial charge in [0, 0.05) is 34.9 Å². The Morgan fingerprint density at radius 2 is 1.82 bits per heavy atom. The minimum Gasteiger partial charge on any atom is -0.465 e. The molecule has 12 heteroatoms. The van der Waals surface area contributed by atoms with Crippen LogP contribution < -0.4 is 15.8 Å². The van der Waals surface area contributed by atoms with Gasteiger partial charge < -0.3 is 20.6 Å². The zero-order chi connectivity index (χ0) is 28.5. The number of nitrogens with two attached hydrogens (primary N) is 1. The molecule has 5 N–H and O–H groups in total. The van der Waals surface area contributed by atoms with Crippen LogP contribution in [0.2, 0.25) is 18.1 Å². The standard InChI is InChI=1S/C26H42N4O5S2Si/c1-25(2,3)38(6,7)35-16-26(4,5)30-37(33,34)22-14-18(27)10-13-20(22)21-15-28-23(36-21)17-8-11-19(12-9-17)29-24(31)32/h10,13-15,17,19,29-30H,8-9,11-12,16,27H2,1-7H3,(H,31,32)/t17-,19-. The molecule has 212 valence electrons. The second-order valence-electron chi connectivity index (χ2n) is 12.4. The van der Waals surface area contributed by atoms with E-state index in [0.29, 0.717) is 11.3 Å². The number of anilines is 1. The molecule has 1 aromatic heterocycles. The van der Waals surface area contributed by atoms with Crippen LogP contribution in [0, 0.1) is 0 Å². The highest BCUT2D eigenvalue weighted by Crippen LogP contribution is 2.40. The summed E-state index contributed by atoms with van der Waals surface area (Å²) in [4.78, 5) is 16.4. The summed E-state index contributed by atoms with van der Waals surface area (Å²) >= 11 is 1.48. The van der Waals surface area contributed by atoms with Gasteiger partial charge in [-0.3, -0.25) is 0 Å². The first-order valence-electron chi connectivity index (χ1n) is 12.9. The van der Waals surface area contributed by atoms with Crippen LogP contribution in [0.5, 0.6) is 0 Å². The van der Waals surface area contributed by atoms with Crippen molar-refractivity contribution in [1.82, 2.24) is 15.0 Å². The van der Waals surface area contributed by atoms with E-state index in [4.69, 9.17) is 15.3 Å². The molecular formula is C26H42N4O5S2Si. The fraction of sp³-hybridized carbons (Fsp3) is 0.615. The second-order valence-corrected chi connectivity index (χ2v) is 19.9. The Kier molecular flexibility index (Phi) is 9.04. The van der Waals surface area contributed by atoms with Gasteiger partial charge in [0.15, 0.2) is 8.32 Å². The maximum Gasteiger partial charge on any atom is 0.404 e. The van der Waals surface area contributed by atoms with E-state index in [0.717, 1.165) is 35.6 Å². The van der Waals surface area contributed by atoms with Crippen molar-refractivity contribution < 1.29 is 22.7 Å². The van der Waals surface area contributed by atoms with Gasteiger partial charge in [-0.1, -0.05) is 26.8 Å². The van der Waals surface area contributed by atoms with Crippen LogP contribution in [0.25, 0.3) is 10.4 Å². The van der Waals surface area contributed by atoms with E-state index < -0.39 is 30.0 Å². The van der Waals surface area contributed by atoms with Gasteiger partial charge >= 0.3 is 6.09 Å². The molecule has 9 nitrogen and oxygen atoms in total. The molecule has 0 unspecified atom stereocenters. The van der Waals surface area contributed by atoms with Gasteiger partial charge in [-0.05, 0) is 69.8 Å². The van der Waals surface area contributed by atoms with Gasteiger partial charge in [0.2, 0.25) is 10.0 Å². The summed E-state index contributed by atoms with van der Waals surface area (Å²) in [7, 11) is -6.00. The Hall–Kier alpha value is -1.99. The van der Waals surface area contributed by atoms with Gasteiger partial charge in [0.05, 0.1) is 21.4 Å². The molecule has 0 aliphatic heterocycles. The summed E-state index contributed by atoms with van der Waals surface area (Å²) in [5.41, 5.74) is 6.11. The van der Waals surface area contributed by atoms with Crippen molar-refractivity contribution in [2.75, 3.05) is 12.3 Å². The van der Waals surface area contributed by atoms with Crippen LogP contribution in [0.15, 0.2) is 29.3 Å². The largest absolute Gasteiger partial charge is 0.465 e. The SMILES string of the molecule is CC(C)(CO[Si](C)(C)C(C)(C)C)NS(=O)(=O)c1cc(N)ccc1-c1cnc([C@H]2CC[C@H](NC(=O)O)CC2)s1. The summed E-state index contributed by atoms with van der Waals surface area (Å²) in [5, 5.41) is 12.5. The average Bonchev–Trinajstić information content (AvgIpc) is 3.27. The number of carboxylic acid groups (broad SMARTS) is 1. The topological polar surface area (TPSA) is 144 Å². The predicted molar refractivity (Wildman–Crippen MR) is 156 cm³/mol. The highest BCUT2D eigenvalue weighted by molar-refractivity contribution is 7.89. The normalized spacial score (nSPS) is 19.3. The quantitative estimate of drug-likeness (QED) is 0.217. The van der Waals surface area contributed by atoms with E-state index in [2.05, 4.69) is 48.9 Å². The van der Waals surface area contributed by atoms with Crippen molar-refractivity contribution in [3.63, 3.8) is 0 Å². The van der Waals surface area contributed by atoms with Gasteiger partial charge in [0.1, 0.15) is 0 Å². The van der Waals surface area contributed by atoms with Crippen molar-refractivity contribution in [3.05, 3.63) is 29.4 Å². The highest BCUT2D eigenvalue weighted by Gasteiger charge is 2.39. The molecule has 1 aromatic carbocycles. The lowest BCUT2D eigenvalue weighted by molar-refractivity contribution is 0.185. The van der Waals surface area contributed by atoms with E-state index in [1.54, 1.807) is 18.3 Å². The average molecular weight is 583 g/mol. The molecule has 38 heavy (non-hydrogen) atoms. The van der Waals surface area contributed by atoms with Crippen molar-refractivity contribution in [3.8, 4) is 10.4 Å². The molecular weight excluding hydrogens is 541 g/mol. The molecule has 2 aromatic rings. The number of aromatic nitrogens is 1. The highest BCUT2D eigenvalue weighted by atomic mass is 32.2. The second kappa shape index (κ2) is 11.2. The Morgan fingerprint density at radius 3 is 2.39 bits per heavy atom. The van der Waals surface area contributed by atoms with Gasteiger partial charge in [-0.15, -0.1) is 11.3 Å². The van der Waals surface area contributed by atoms with E-state index in [1.165, 1.54) is 17.4 Å². The molecule has 1 fully saturated rings. The zero-order valence-electron chi connectivity index (χ0n) is 23.4. The van der Waals surface area contributed by atoms with E-state index >= 15 is 0 Å². The van der Waals surface area contributed by atoms with E-state index in [9.17, 15) is 13.2 Å². The zero-order valence-corrected chi connectivity index (χ0v) is 26.1. The number of nitrogen functional groups attached to an aromatic ring is 1. The minimum atomic E-state index is -3.94. The Balaban J connectivity index is 1.80. The molecule has 0 atom stereocenters. The maximum absolute atomic E-state index is 13.7. The molecule has 3 rings (SSSR count). The first-order valence-corrected chi connectivity index (χ1v) is 18.1. The molecule has 1 amide bonds. The van der Waals surface area contributed by atoms with Crippen LogP contribution >= 0.6 is 11.3 Å². The molecule has 1 aliphatic rings. The molecule has 0 spiro atoms. The maximum atomic E-state index is 13.7. The third kappa shape index (κ3) is 7.56. The molecule has 0 radical (unpaired) electrons. The van der Waals surface area contributed by atoms with Gasteiger partial charge in [0.25, 0.3) is 0 Å². The molecule has 0 bridgehead atoms. The number of hydrogen-bond acceptors (Lipinski definition) is 7. The van der Waals surface area contributed by atoms with Crippen molar-refractivity contribution in [1.29, 1.82) is 0 Å². The third-order valence-electron chi connectivity index (χ3n) is 7.50. The fourth-order valence-corrected chi connectivity index (χ4v) is 8.25. The number of amides is 1. The van der Waals surface area contributed by atoms with Crippen LogP contribution in [0.4, 0.5) is 10.5 Å². The van der Waals surface area contributed by atoms with Gasteiger partial charge in [-0.2, -0.15) is 0 Å². The van der Waals surface area contributed by atoms with Crippen molar-refractivity contribution >= 4 is 41.5 Å². The molecule has 1 saturated carbocycles.